The third-order valence-corrected chi connectivity index (χ3v) is 3.78. The van der Waals surface area contributed by atoms with Crippen LogP contribution in [0, 0.1) is 0 Å². The highest BCUT2D eigenvalue weighted by Crippen LogP contribution is 2.36. The predicted molar refractivity (Wildman–Crippen MR) is 74.1 cm³/mol. The maximum absolute atomic E-state index is 8.66. The van der Waals surface area contributed by atoms with E-state index in [4.69, 9.17) is 14.7 Å². The SMILES string of the molecule is CCCSc1cc(OC)c(CCNO)cc1OC. The smallest absolute Gasteiger partial charge is 0.132 e. The van der Waals surface area contributed by atoms with E-state index in [0.717, 1.165) is 34.1 Å². The molecule has 1 rings (SSSR count). The Bertz CT molecular complexity index is 336. The Kier molecular flexibility index (Phi) is 6.93. The van der Waals surface area contributed by atoms with Gasteiger partial charge in [0.1, 0.15) is 11.5 Å². The van der Waals surface area contributed by atoms with E-state index >= 15 is 0 Å². The average molecular weight is 271 g/mol. The highest BCUT2D eigenvalue weighted by Gasteiger charge is 2.11. The van der Waals surface area contributed by atoms with Crippen LogP contribution in [0.15, 0.2) is 17.0 Å². The van der Waals surface area contributed by atoms with Gasteiger partial charge in [-0.1, -0.05) is 6.92 Å². The van der Waals surface area contributed by atoms with Crippen molar-refractivity contribution in [2.45, 2.75) is 24.7 Å². The second kappa shape index (κ2) is 8.24. The molecule has 0 amide bonds. The summed E-state index contributed by atoms with van der Waals surface area (Å²) in [6.07, 6.45) is 1.81. The van der Waals surface area contributed by atoms with Crippen LogP contribution in [0.1, 0.15) is 18.9 Å². The molecule has 0 fully saturated rings. The van der Waals surface area contributed by atoms with E-state index in [2.05, 4.69) is 12.4 Å². The quantitative estimate of drug-likeness (QED) is 0.562. The zero-order valence-electron chi connectivity index (χ0n) is 11.2. The molecule has 1 aromatic carbocycles. The van der Waals surface area contributed by atoms with Crippen molar-refractivity contribution in [1.29, 1.82) is 0 Å². The van der Waals surface area contributed by atoms with Crippen LogP contribution in [0.4, 0.5) is 0 Å². The van der Waals surface area contributed by atoms with Gasteiger partial charge in [-0.3, -0.25) is 0 Å². The highest BCUT2D eigenvalue weighted by atomic mass is 32.2. The lowest BCUT2D eigenvalue weighted by molar-refractivity contribution is 0.168. The van der Waals surface area contributed by atoms with E-state index in [-0.39, 0.29) is 0 Å². The number of hydroxylamine groups is 1. The second-order valence-electron chi connectivity index (χ2n) is 3.82. The molecular weight excluding hydrogens is 250 g/mol. The molecule has 18 heavy (non-hydrogen) atoms. The van der Waals surface area contributed by atoms with Gasteiger partial charge in [0.15, 0.2) is 0 Å². The Morgan fingerprint density at radius 3 is 2.50 bits per heavy atom. The molecule has 0 aromatic heterocycles. The Morgan fingerprint density at radius 1 is 1.22 bits per heavy atom. The summed E-state index contributed by atoms with van der Waals surface area (Å²) in [4.78, 5) is 1.09. The van der Waals surface area contributed by atoms with Crippen molar-refractivity contribution in [2.24, 2.45) is 0 Å². The van der Waals surface area contributed by atoms with E-state index in [9.17, 15) is 0 Å². The van der Waals surface area contributed by atoms with Crippen molar-refractivity contribution >= 4 is 11.8 Å². The molecule has 0 aliphatic rings. The summed E-state index contributed by atoms with van der Waals surface area (Å²) in [6.45, 7) is 2.64. The summed E-state index contributed by atoms with van der Waals surface area (Å²) in [5.41, 5.74) is 3.18. The van der Waals surface area contributed by atoms with E-state index in [1.54, 1.807) is 26.0 Å². The van der Waals surface area contributed by atoms with Gasteiger partial charge in [-0.05, 0) is 36.3 Å². The number of nitrogens with one attached hydrogen (secondary N) is 1. The fourth-order valence-corrected chi connectivity index (χ4v) is 2.54. The van der Waals surface area contributed by atoms with Crippen molar-refractivity contribution in [2.75, 3.05) is 26.5 Å². The minimum atomic E-state index is 0.487. The fourth-order valence-electron chi connectivity index (χ4n) is 1.64. The van der Waals surface area contributed by atoms with Crippen LogP contribution >= 0.6 is 11.8 Å². The third-order valence-electron chi connectivity index (χ3n) is 2.53. The van der Waals surface area contributed by atoms with Crippen molar-refractivity contribution in [1.82, 2.24) is 5.48 Å². The van der Waals surface area contributed by atoms with Crippen LogP contribution in [-0.4, -0.2) is 31.7 Å². The molecule has 0 atom stereocenters. The molecule has 1 aromatic rings. The first-order valence-electron chi connectivity index (χ1n) is 6.01. The molecule has 0 heterocycles. The number of hydrogen-bond acceptors (Lipinski definition) is 5. The Morgan fingerprint density at radius 2 is 1.94 bits per heavy atom. The van der Waals surface area contributed by atoms with Crippen molar-refractivity contribution in [3.63, 3.8) is 0 Å². The lowest BCUT2D eigenvalue weighted by Crippen LogP contribution is -2.12. The van der Waals surface area contributed by atoms with Crippen LogP contribution in [0.25, 0.3) is 0 Å². The van der Waals surface area contributed by atoms with Gasteiger partial charge in [0.05, 0.1) is 19.1 Å². The van der Waals surface area contributed by atoms with Crippen LogP contribution in [-0.2, 0) is 6.42 Å². The molecule has 0 aliphatic heterocycles. The standard InChI is InChI=1S/C13H21NO3S/c1-4-7-18-13-9-11(16-2)10(5-6-14-15)8-12(13)17-3/h8-9,14-15H,4-7H2,1-3H3. The average Bonchev–Trinajstić information content (AvgIpc) is 2.42. The van der Waals surface area contributed by atoms with Gasteiger partial charge in [0, 0.05) is 6.54 Å². The fraction of sp³-hybridized carbons (Fsp3) is 0.538. The van der Waals surface area contributed by atoms with E-state index in [1.165, 1.54) is 0 Å². The van der Waals surface area contributed by atoms with Crippen molar-refractivity contribution < 1.29 is 14.7 Å². The number of ether oxygens (including phenoxy) is 2. The molecule has 0 aliphatic carbocycles. The summed E-state index contributed by atoms with van der Waals surface area (Å²) in [7, 11) is 3.33. The minimum Gasteiger partial charge on any atom is -0.496 e. The van der Waals surface area contributed by atoms with Gasteiger partial charge >= 0.3 is 0 Å². The van der Waals surface area contributed by atoms with Crippen molar-refractivity contribution in [3.8, 4) is 11.5 Å². The van der Waals surface area contributed by atoms with Crippen LogP contribution < -0.4 is 15.0 Å². The molecule has 5 heteroatoms. The van der Waals surface area contributed by atoms with Gasteiger partial charge in [-0.25, -0.2) is 5.48 Å². The minimum absolute atomic E-state index is 0.487. The molecule has 0 bridgehead atoms. The highest BCUT2D eigenvalue weighted by molar-refractivity contribution is 7.99. The third kappa shape index (κ3) is 4.08. The summed E-state index contributed by atoms with van der Waals surface area (Å²) in [5.74, 6) is 2.75. The Hall–Kier alpha value is -0.910. The number of thioether (sulfide) groups is 1. The van der Waals surface area contributed by atoms with Gasteiger partial charge in [0.2, 0.25) is 0 Å². The molecule has 4 nitrogen and oxygen atoms in total. The van der Waals surface area contributed by atoms with Gasteiger partial charge < -0.3 is 14.7 Å². The number of methoxy groups -OCH3 is 2. The summed E-state index contributed by atoms with van der Waals surface area (Å²) >= 11 is 1.76. The molecule has 0 saturated heterocycles. The van der Waals surface area contributed by atoms with Crippen molar-refractivity contribution in [3.05, 3.63) is 17.7 Å². The first kappa shape index (κ1) is 15.1. The van der Waals surface area contributed by atoms with E-state index in [0.29, 0.717) is 13.0 Å². The van der Waals surface area contributed by atoms with Gasteiger partial charge in [-0.2, -0.15) is 0 Å². The molecule has 0 radical (unpaired) electrons. The monoisotopic (exact) mass is 271 g/mol. The zero-order chi connectivity index (χ0) is 13.4. The molecule has 2 N–H and O–H groups in total. The van der Waals surface area contributed by atoms with E-state index in [1.807, 2.05) is 12.1 Å². The first-order chi connectivity index (χ1) is 8.76. The largest absolute Gasteiger partial charge is 0.496 e. The lowest BCUT2D eigenvalue weighted by Gasteiger charge is -2.14. The first-order valence-corrected chi connectivity index (χ1v) is 7.00. The predicted octanol–water partition coefficient (Wildman–Crippen LogP) is 2.73. The number of benzene rings is 1. The van der Waals surface area contributed by atoms with Gasteiger partial charge in [0.25, 0.3) is 0 Å². The summed E-state index contributed by atoms with van der Waals surface area (Å²) in [6, 6.07) is 3.99. The molecule has 102 valence electrons. The maximum Gasteiger partial charge on any atom is 0.132 e. The molecule has 0 spiro atoms. The molecular formula is C13H21NO3S. The molecule has 0 saturated carbocycles. The molecule has 0 unspecified atom stereocenters. The van der Waals surface area contributed by atoms with E-state index < -0.39 is 0 Å². The van der Waals surface area contributed by atoms with Crippen LogP contribution in [0.5, 0.6) is 11.5 Å². The maximum atomic E-state index is 8.66. The summed E-state index contributed by atoms with van der Waals surface area (Å²) < 4.78 is 10.8. The number of hydrogen-bond donors (Lipinski definition) is 2. The second-order valence-corrected chi connectivity index (χ2v) is 4.96. The normalized spacial score (nSPS) is 10.4. The van der Waals surface area contributed by atoms with Crippen LogP contribution in [0.2, 0.25) is 0 Å². The number of rotatable bonds is 8. The Labute approximate surface area is 113 Å². The van der Waals surface area contributed by atoms with Gasteiger partial charge in [-0.15, -0.1) is 11.8 Å². The lowest BCUT2D eigenvalue weighted by atomic mass is 10.1. The zero-order valence-corrected chi connectivity index (χ0v) is 12.0. The topological polar surface area (TPSA) is 50.7 Å². The van der Waals surface area contributed by atoms with Crippen LogP contribution in [0.3, 0.4) is 0 Å². The summed E-state index contributed by atoms with van der Waals surface area (Å²) in [5, 5.41) is 8.66. The Balaban J connectivity index is 2.98.